The largest absolute Gasteiger partial charge is 0.360 e. The summed E-state index contributed by atoms with van der Waals surface area (Å²) in [5, 5.41) is 0. The number of carbonyl (C=O) groups is 1. The third-order valence-electron chi connectivity index (χ3n) is 8.18. The zero-order valence-corrected chi connectivity index (χ0v) is 20.9. The second kappa shape index (κ2) is 8.21. The molecule has 0 aromatic heterocycles. The molecule has 0 bridgehead atoms. The molecule has 0 aliphatic carbocycles. The van der Waals surface area contributed by atoms with Crippen LogP contribution in [0.25, 0.3) is 0 Å². The van der Waals surface area contributed by atoms with E-state index < -0.39 is 13.7 Å². The molecule has 2 aliphatic heterocycles. The number of carbonyl (C=O) groups excluding carboxylic acids is 1. The van der Waals surface area contributed by atoms with Gasteiger partial charge in [0, 0.05) is 12.2 Å². The molecule has 1 fully saturated rings. The fraction of sp³-hybridized carbons (Fsp3) is 0.519. The topological polar surface area (TPSA) is 29.5 Å². The fourth-order valence-electron chi connectivity index (χ4n) is 7.20. The molecule has 1 saturated heterocycles. The van der Waals surface area contributed by atoms with E-state index in [-0.39, 0.29) is 5.91 Å². The van der Waals surface area contributed by atoms with E-state index >= 15 is 0 Å². The van der Waals surface area contributed by atoms with Crippen molar-refractivity contribution in [1.29, 1.82) is 0 Å². The number of amides is 1. The first-order chi connectivity index (χ1) is 14.7. The Morgan fingerprint density at radius 3 is 2.13 bits per heavy atom. The van der Waals surface area contributed by atoms with Crippen LogP contribution in [0.2, 0.25) is 22.2 Å². The summed E-state index contributed by atoms with van der Waals surface area (Å²) in [5.41, 5.74) is 4.87. The van der Waals surface area contributed by atoms with E-state index in [0.29, 0.717) is 35.3 Å². The van der Waals surface area contributed by atoms with Crippen LogP contribution >= 0.6 is 0 Å². The van der Waals surface area contributed by atoms with Crippen LogP contribution in [0.3, 0.4) is 0 Å². The first kappa shape index (κ1) is 22.3. The number of benzene rings is 2. The molecule has 2 aromatic rings. The summed E-state index contributed by atoms with van der Waals surface area (Å²) in [4.78, 5) is 15.9. The van der Waals surface area contributed by atoms with Gasteiger partial charge in [-0.25, -0.2) is 0 Å². The number of hydrogen-bond donors (Lipinski definition) is 0. The highest BCUT2D eigenvalue weighted by Crippen LogP contribution is 2.59. The molecule has 166 valence electrons. The lowest BCUT2D eigenvalue weighted by atomic mass is 9.92. The standard InChI is InChI=1S/C27H37NO2Si/c1-19(2)31(20(3)4,21(5)6)23-16-27(30-18-23)24-14-10-11-15-25(24)28(26(27)29)17-22-12-8-7-9-13-22/h7-15,19-21,23H,16-18H2,1-6H3/t23-,27+/m1/s1. The number of para-hydroxylation sites is 1. The average Bonchev–Trinajstić information content (AvgIpc) is 3.26. The normalized spacial score (nSPS) is 23.6. The van der Waals surface area contributed by atoms with Crippen LogP contribution in [0, 0.1) is 0 Å². The van der Waals surface area contributed by atoms with E-state index in [9.17, 15) is 4.79 Å². The van der Waals surface area contributed by atoms with Crippen LogP contribution in [0.5, 0.6) is 0 Å². The number of ether oxygens (including phenoxy) is 1. The van der Waals surface area contributed by atoms with Gasteiger partial charge in [0.2, 0.25) is 0 Å². The van der Waals surface area contributed by atoms with Crippen molar-refractivity contribution in [1.82, 2.24) is 0 Å². The number of anilines is 1. The summed E-state index contributed by atoms with van der Waals surface area (Å²) in [6.07, 6.45) is 0.828. The Labute approximate surface area is 188 Å². The molecule has 2 heterocycles. The molecule has 31 heavy (non-hydrogen) atoms. The predicted molar refractivity (Wildman–Crippen MR) is 131 cm³/mol. The van der Waals surface area contributed by atoms with E-state index in [2.05, 4.69) is 71.9 Å². The van der Waals surface area contributed by atoms with Crippen molar-refractivity contribution in [2.45, 2.75) is 82.3 Å². The Bertz CT molecular complexity index is 917. The Hall–Kier alpha value is -1.91. The van der Waals surface area contributed by atoms with Crippen molar-refractivity contribution in [2.75, 3.05) is 11.5 Å². The predicted octanol–water partition coefficient (Wildman–Crippen LogP) is 6.90. The number of hydrogen-bond acceptors (Lipinski definition) is 2. The Morgan fingerprint density at radius 2 is 1.52 bits per heavy atom. The number of rotatable bonds is 6. The molecule has 4 heteroatoms. The van der Waals surface area contributed by atoms with Crippen molar-refractivity contribution in [3.63, 3.8) is 0 Å². The summed E-state index contributed by atoms with van der Waals surface area (Å²) < 4.78 is 6.62. The number of fused-ring (bicyclic) bond motifs is 2. The van der Waals surface area contributed by atoms with E-state index in [0.717, 1.165) is 23.2 Å². The quantitative estimate of drug-likeness (QED) is 0.462. The van der Waals surface area contributed by atoms with Gasteiger partial charge >= 0.3 is 0 Å². The molecule has 1 spiro atoms. The van der Waals surface area contributed by atoms with Crippen LogP contribution in [0.4, 0.5) is 5.69 Å². The van der Waals surface area contributed by atoms with E-state index in [4.69, 9.17) is 4.74 Å². The van der Waals surface area contributed by atoms with Gasteiger partial charge in [-0.05, 0) is 23.6 Å². The third-order valence-corrected chi connectivity index (χ3v) is 16.0. The lowest BCUT2D eigenvalue weighted by Gasteiger charge is -2.47. The summed E-state index contributed by atoms with van der Waals surface area (Å²) in [6, 6.07) is 18.5. The van der Waals surface area contributed by atoms with Crippen LogP contribution < -0.4 is 4.90 Å². The van der Waals surface area contributed by atoms with Gasteiger partial charge in [0.15, 0.2) is 5.60 Å². The molecule has 3 nitrogen and oxygen atoms in total. The van der Waals surface area contributed by atoms with Gasteiger partial charge in [-0.15, -0.1) is 0 Å². The van der Waals surface area contributed by atoms with Crippen molar-refractivity contribution in [3.8, 4) is 0 Å². The van der Waals surface area contributed by atoms with Gasteiger partial charge in [-0.2, -0.15) is 0 Å². The van der Waals surface area contributed by atoms with Gasteiger partial charge in [-0.1, -0.05) is 107 Å². The maximum atomic E-state index is 14.0. The van der Waals surface area contributed by atoms with E-state index in [1.807, 2.05) is 29.2 Å². The molecular formula is C27H37NO2Si. The SMILES string of the molecule is CC(C)[Si](C(C)C)(C(C)C)[C@H]1CO[C@]2(C1)C(=O)N(Cc1ccccc1)c1ccccc12. The smallest absolute Gasteiger partial charge is 0.264 e. The molecule has 0 unspecified atom stereocenters. The van der Waals surface area contributed by atoms with E-state index in [1.54, 1.807) is 0 Å². The van der Waals surface area contributed by atoms with Crippen LogP contribution in [0.15, 0.2) is 54.6 Å². The molecule has 2 aromatic carbocycles. The molecule has 0 radical (unpaired) electrons. The van der Waals surface area contributed by atoms with Crippen molar-refractivity contribution >= 4 is 19.7 Å². The summed E-state index contributed by atoms with van der Waals surface area (Å²) in [7, 11) is -1.73. The minimum absolute atomic E-state index is 0.124. The molecule has 0 N–H and O–H groups in total. The van der Waals surface area contributed by atoms with Crippen molar-refractivity contribution in [2.24, 2.45) is 0 Å². The van der Waals surface area contributed by atoms with Gasteiger partial charge in [-0.3, -0.25) is 4.79 Å². The van der Waals surface area contributed by atoms with E-state index in [1.165, 1.54) is 0 Å². The van der Waals surface area contributed by atoms with Crippen LogP contribution in [-0.2, 0) is 21.7 Å². The zero-order chi connectivity index (χ0) is 22.4. The lowest BCUT2D eigenvalue weighted by molar-refractivity contribution is -0.137. The minimum atomic E-state index is -1.73. The summed E-state index contributed by atoms with van der Waals surface area (Å²) >= 11 is 0. The first-order valence-corrected chi connectivity index (χ1v) is 14.2. The van der Waals surface area contributed by atoms with Gasteiger partial charge < -0.3 is 9.64 Å². The Morgan fingerprint density at radius 1 is 0.935 bits per heavy atom. The van der Waals surface area contributed by atoms with Crippen molar-refractivity contribution < 1.29 is 9.53 Å². The molecule has 0 saturated carbocycles. The number of nitrogens with zero attached hydrogens (tertiary/aromatic N) is 1. The maximum Gasteiger partial charge on any atom is 0.264 e. The van der Waals surface area contributed by atoms with Gasteiger partial charge in [0.05, 0.1) is 20.3 Å². The highest BCUT2D eigenvalue weighted by Gasteiger charge is 2.61. The second-order valence-electron chi connectivity index (χ2n) is 10.4. The molecule has 2 atom stereocenters. The highest BCUT2D eigenvalue weighted by molar-refractivity contribution is 6.85. The molecule has 2 aliphatic rings. The third kappa shape index (κ3) is 3.30. The van der Waals surface area contributed by atoms with Gasteiger partial charge in [0.1, 0.15) is 0 Å². The highest BCUT2D eigenvalue weighted by atomic mass is 28.3. The molecule has 1 amide bonds. The average molecular weight is 436 g/mol. The van der Waals surface area contributed by atoms with Crippen LogP contribution in [-0.4, -0.2) is 20.6 Å². The minimum Gasteiger partial charge on any atom is -0.360 e. The fourth-order valence-corrected chi connectivity index (χ4v) is 15.0. The van der Waals surface area contributed by atoms with Gasteiger partial charge in [0.25, 0.3) is 5.91 Å². The Kier molecular flexibility index (Phi) is 5.91. The monoisotopic (exact) mass is 435 g/mol. The second-order valence-corrected chi connectivity index (χ2v) is 16.7. The van der Waals surface area contributed by atoms with Crippen LogP contribution in [0.1, 0.15) is 59.1 Å². The lowest BCUT2D eigenvalue weighted by Crippen LogP contribution is -2.49. The Balaban J connectivity index is 1.73. The summed E-state index contributed by atoms with van der Waals surface area (Å²) in [5.74, 6) is 0.124. The van der Waals surface area contributed by atoms with Crippen molar-refractivity contribution in [3.05, 3.63) is 65.7 Å². The summed E-state index contributed by atoms with van der Waals surface area (Å²) in [6.45, 7) is 15.7. The first-order valence-electron chi connectivity index (χ1n) is 11.8. The molecule has 4 rings (SSSR count). The zero-order valence-electron chi connectivity index (χ0n) is 19.9. The maximum absolute atomic E-state index is 14.0. The molecular weight excluding hydrogens is 398 g/mol.